The Morgan fingerprint density at radius 2 is 1.91 bits per heavy atom. The molecule has 8 heteroatoms. The van der Waals surface area contributed by atoms with Crippen molar-refractivity contribution in [1.82, 2.24) is 15.2 Å². The Bertz CT molecular complexity index is 847. The number of hydrogen-bond acceptors (Lipinski definition) is 7. The van der Waals surface area contributed by atoms with Gasteiger partial charge in [-0.05, 0) is 12.1 Å². The van der Waals surface area contributed by atoms with Gasteiger partial charge in [0, 0.05) is 31.6 Å². The molecule has 8 nitrogen and oxygen atoms in total. The molecule has 0 unspecified atom stereocenters. The third kappa shape index (κ3) is 2.28. The van der Waals surface area contributed by atoms with Crippen molar-refractivity contribution in [3.63, 3.8) is 0 Å². The molecule has 3 aromatic rings. The lowest BCUT2D eigenvalue weighted by atomic mass is 10.2. The first-order chi connectivity index (χ1) is 11.3. The van der Waals surface area contributed by atoms with Crippen molar-refractivity contribution in [3.8, 4) is 0 Å². The number of nitrogens with two attached hydrogens (primary N) is 1. The van der Waals surface area contributed by atoms with Crippen molar-refractivity contribution < 1.29 is 9.21 Å². The second-order valence-electron chi connectivity index (χ2n) is 5.42. The topological polar surface area (TPSA) is 104 Å². The maximum Gasteiger partial charge on any atom is 0.246 e. The number of nitrogens with one attached hydrogen (secondary N) is 1. The number of nitrogen functional groups attached to an aromatic ring is 1. The average molecular weight is 312 g/mol. The monoisotopic (exact) mass is 312 g/mol. The van der Waals surface area contributed by atoms with E-state index in [1.165, 1.54) is 0 Å². The van der Waals surface area contributed by atoms with Gasteiger partial charge in [-0.15, -0.1) is 5.10 Å². The van der Waals surface area contributed by atoms with E-state index in [1.54, 1.807) is 0 Å². The predicted molar refractivity (Wildman–Crippen MR) is 86.8 cm³/mol. The van der Waals surface area contributed by atoms with E-state index >= 15 is 0 Å². The lowest BCUT2D eigenvalue weighted by Crippen LogP contribution is -2.47. The number of furan rings is 1. The summed E-state index contributed by atoms with van der Waals surface area (Å²) in [5.41, 5.74) is 7.17. The highest BCUT2D eigenvalue weighted by Gasteiger charge is 2.25. The van der Waals surface area contributed by atoms with Crippen LogP contribution in [0.4, 0.5) is 17.6 Å². The van der Waals surface area contributed by atoms with Crippen molar-refractivity contribution in [1.29, 1.82) is 0 Å². The molecule has 1 aromatic carbocycles. The van der Waals surface area contributed by atoms with Crippen LogP contribution in [0.2, 0.25) is 0 Å². The third-order valence-electron chi connectivity index (χ3n) is 4.07. The second kappa shape index (κ2) is 5.31. The molecule has 23 heavy (non-hydrogen) atoms. The quantitative estimate of drug-likeness (QED) is 0.702. The van der Waals surface area contributed by atoms with Crippen LogP contribution in [-0.2, 0) is 0 Å². The molecular weight excluding hydrogens is 296 g/mol. The fourth-order valence-corrected chi connectivity index (χ4v) is 2.99. The van der Waals surface area contributed by atoms with Gasteiger partial charge in [-0.2, -0.15) is 4.98 Å². The maximum atomic E-state index is 11.4. The Hall–Kier alpha value is -3.03. The third-order valence-corrected chi connectivity index (χ3v) is 4.07. The molecule has 1 aliphatic heterocycles. The minimum Gasteiger partial charge on any atom is -0.451 e. The normalized spacial score (nSPS) is 15.3. The van der Waals surface area contributed by atoms with Crippen LogP contribution < -0.4 is 15.5 Å². The fourth-order valence-electron chi connectivity index (χ4n) is 2.99. The second-order valence-corrected chi connectivity index (χ2v) is 5.42. The first kappa shape index (κ1) is 13.6. The van der Waals surface area contributed by atoms with E-state index in [9.17, 15) is 4.79 Å². The number of anilines is 3. The summed E-state index contributed by atoms with van der Waals surface area (Å²) >= 11 is 0. The molecule has 2 aromatic heterocycles. The van der Waals surface area contributed by atoms with Crippen molar-refractivity contribution >= 4 is 34.8 Å². The number of aldehydes is 1. The van der Waals surface area contributed by atoms with Crippen molar-refractivity contribution in [2.24, 2.45) is 0 Å². The van der Waals surface area contributed by atoms with Gasteiger partial charge in [-0.3, -0.25) is 4.79 Å². The molecule has 0 atom stereocenters. The summed E-state index contributed by atoms with van der Waals surface area (Å²) in [4.78, 5) is 19.7. The molecule has 4 rings (SSSR count). The van der Waals surface area contributed by atoms with E-state index in [0.29, 0.717) is 17.7 Å². The highest BCUT2D eigenvalue weighted by atomic mass is 16.3. The molecule has 0 aliphatic carbocycles. The van der Waals surface area contributed by atoms with E-state index in [4.69, 9.17) is 10.2 Å². The number of aromatic amines is 1. The molecule has 0 radical (unpaired) electrons. The summed E-state index contributed by atoms with van der Waals surface area (Å²) in [5, 5.41) is 7.69. The van der Waals surface area contributed by atoms with Crippen LogP contribution in [0.3, 0.4) is 0 Å². The molecule has 1 saturated heterocycles. The maximum absolute atomic E-state index is 11.4. The number of carbonyl (C=O) groups is 1. The standard InChI is InChI=1S/C15H16N6O2/c16-14-17-15(19-18-14)21-7-5-20(6-8-21)13-10-3-1-2-4-11(10)23-12(13)9-22/h1-4,9H,5-8H2,(H3,16,17,18,19). The van der Waals surface area contributed by atoms with Gasteiger partial charge in [0.2, 0.25) is 11.9 Å². The molecule has 0 saturated carbocycles. The van der Waals surface area contributed by atoms with Crippen LogP contribution >= 0.6 is 0 Å². The highest BCUT2D eigenvalue weighted by Crippen LogP contribution is 2.33. The summed E-state index contributed by atoms with van der Waals surface area (Å²) < 4.78 is 5.65. The number of para-hydroxylation sites is 1. The van der Waals surface area contributed by atoms with Crippen molar-refractivity contribution in [2.75, 3.05) is 41.7 Å². The van der Waals surface area contributed by atoms with E-state index in [2.05, 4.69) is 25.0 Å². The van der Waals surface area contributed by atoms with Gasteiger partial charge in [0.15, 0.2) is 12.0 Å². The Balaban J connectivity index is 1.60. The van der Waals surface area contributed by atoms with Crippen molar-refractivity contribution in [2.45, 2.75) is 0 Å². The van der Waals surface area contributed by atoms with E-state index in [-0.39, 0.29) is 0 Å². The lowest BCUT2D eigenvalue weighted by molar-refractivity contribution is 0.110. The molecule has 0 spiro atoms. The zero-order valence-electron chi connectivity index (χ0n) is 12.4. The Morgan fingerprint density at radius 1 is 1.17 bits per heavy atom. The molecule has 3 heterocycles. The van der Waals surface area contributed by atoms with Gasteiger partial charge in [0.1, 0.15) is 5.58 Å². The summed E-state index contributed by atoms with van der Waals surface area (Å²) in [6.07, 6.45) is 0.775. The van der Waals surface area contributed by atoms with E-state index < -0.39 is 0 Å². The molecule has 118 valence electrons. The lowest BCUT2D eigenvalue weighted by Gasteiger charge is -2.35. The van der Waals surface area contributed by atoms with Crippen LogP contribution in [-0.4, -0.2) is 47.6 Å². The number of H-pyrrole nitrogens is 1. The fraction of sp³-hybridized carbons (Fsp3) is 0.267. The summed E-state index contributed by atoms with van der Waals surface area (Å²) in [5.74, 6) is 1.29. The molecule has 1 fully saturated rings. The van der Waals surface area contributed by atoms with Gasteiger partial charge in [0.05, 0.1) is 5.69 Å². The van der Waals surface area contributed by atoms with Crippen LogP contribution in [0.5, 0.6) is 0 Å². The first-order valence-corrected chi connectivity index (χ1v) is 7.41. The van der Waals surface area contributed by atoms with E-state index in [1.807, 2.05) is 24.3 Å². The SMILES string of the molecule is Nc1nc(N2CCN(c3c(C=O)oc4ccccc34)CC2)n[nH]1. The first-order valence-electron chi connectivity index (χ1n) is 7.41. The smallest absolute Gasteiger partial charge is 0.246 e. The zero-order chi connectivity index (χ0) is 15.8. The number of aromatic nitrogens is 3. The zero-order valence-corrected chi connectivity index (χ0v) is 12.4. The molecule has 1 aliphatic rings. The summed E-state index contributed by atoms with van der Waals surface area (Å²) in [6, 6.07) is 7.69. The Kier molecular flexibility index (Phi) is 3.14. The largest absolute Gasteiger partial charge is 0.451 e. The molecule has 0 amide bonds. The molecular formula is C15H16N6O2. The Labute approximate surface area is 131 Å². The number of benzene rings is 1. The Morgan fingerprint density at radius 3 is 2.61 bits per heavy atom. The summed E-state index contributed by atoms with van der Waals surface area (Å²) in [7, 11) is 0. The van der Waals surface area contributed by atoms with E-state index in [0.717, 1.165) is 49.1 Å². The molecule has 3 N–H and O–H groups in total. The number of nitrogens with zero attached hydrogens (tertiary/aromatic N) is 4. The van der Waals surface area contributed by atoms with Crippen molar-refractivity contribution in [3.05, 3.63) is 30.0 Å². The number of carbonyl (C=O) groups excluding carboxylic acids is 1. The van der Waals surface area contributed by atoms with Gasteiger partial charge in [0.25, 0.3) is 0 Å². The van der Waals surface area contributed by atoms with Gasteiger partial charge < -0.3 is 20.0 Å². The van der Waals surface area contributed by atoms with Gasteiger partial charge in [-0.1, -0.05) is 12.1 Å². The average Bonchev–Trinajstić information content (AvgIpc) is 3.18. The number of hydrogen-bond donors (Lipinski definition) is 2. The van der Waals surface area contributed by atoms with Crippen LogP contribution in [0.25, 0.3) is 11.0 Å². The summed E-state index contributed by atoms with van der Waals surface area (Å²) in [6.45, 7) is 2.99. The number of fused-ring (bicyclic) bond motifs is 1. The highest BCUT2D eigenvalue weighted by molar-refractivity contribution is 6.00. The molecule has 0 bridgehead atoms. The number of piperazine rings is 1. The van der Waals surface area contributed by atoms with Crippen LogP contribution in [0.1, 0.15) is 10.6 Å². The minimum atomic E-state index is 0.312. The van der Waals surface area contributed by atoms with Crippen LogP contribution in [0, 0.1) is 0 Å². The minimum absolute atomic E-state index is 0.312. The van der Waals surface area contributed by atoms with Gasteiger partial charge in [-0.25, -0.2) is 5.10 Å². The van der Waals surface area contributed by atoms with Gasteiger partial charge >= 0.3 is 0 Å². The predicted octanol–water partition coefficient (Wildman–Crippen LogP) is 1.27. The number of rotatable bonds is 3. The van der Waals surface area contributed by atoms with Crippen LogP contribution in [0.15, 0.2) is 28.7 Å².